The first-order valence-corrected chi connectivity index (χ1v) is 6.63. The Morgan fingerprint density at radius 2 is 1.94 bits per heavy atom. The highest BCUT2D eigenvalue weighted by molar-refractivity contribution is 5.78. The Morgan fingerprint density at radius 3 is 2.41 bits per heavy atom. The first-order valence-electron chi connectivity index (χ1n) is 6.63. The Morgan fingerprint density at radius 1 is 1.35 bits per heavy atom. The molecule has 0 aromatic rings. The zero-order valence-electron chi connectivity index (χ0n) is 11.5. The van der Waals surface area contributed by atoms with Crippen LogP contribution in [0.1, 0.15) is 40.5 Å². The van der Waals surface area contributed by atoms with E-state index in [1.807, 2.05) is 32.6 Å². The average Bonchev–Trinajstić information content (AvgIpc) is 2.15. The molecule has 1 fully saturated rings. The molecule has 1 rings (SSSR count). The molecule has 0 aliphatic carbocycles. The number of likely N-dealkylation sites (tertiary alicyclic amines) is 1. The number of aliphatic hydroxyl groups is 1. The van der Waals surface area contributed by atoms with Gasteiger partial charge in [0.1, 0.15) is 0 Å². The number of aliphatic hydroxyl groups excluding tert-OH is 1. The van der Waals surface area contributed by atoms with Crippen LogP contribution in [0.25, 0.3) is 0 Å². The van der Waals surface area contributed by atoms with Crippen LogP contribution in [0, 0.1) is 0 Å². The van der Waals surface area contributed by atoms with Gasteiger partial charge in [-0.1, -0.05) is 0 Å². The third-order valence-corrected chi connectivity index (χ3v) is 3.24. The maximum absolute atomic E-state index is 12.2. The van der Waals surface area contributed by atoms with Crippen molar-refractivity contribution in [2.24, 2.45) is 0 Å². The predicted octanol–water partition coefficient (Wildman–Crippen LogP) is 1.09. The number of hydrogen-bond donors (Lipinski definition) is 1. The lowest BCUT2D eigenvalue weighted by molar-refractivity contribution is -0.136. The molecule has 0 spiro atoms. The summed E-state index contributed by atoms with van der Waals surface area (Å²) in [5, 5.41) is 9.58. The molecule has 0 saturated carbocycles. The summed E-state index contributed by atoms with van der Waals surface area (Å²) in [7, 11) is 0. The van der Waals surface area contributed by atoms with Crippen LogP contribution in [0.3, 0.4) is 0 Å². The molecule has 4 nitrogen and oxygen atoms in total. The Balaban J connectivity index is 2.51. The van der Waals surface area contributed by atoms with E-state index < -0.39 is 0 Å². The second kappa shape index (κ2) is 6.36. The molecule has 0 unspecified atom stereocenters. The molecule has 1 N–H and O–H groups in total. The van der Waals surface area contributed by atoms with Crippen molar-refractivity contribution in [1.29, 1.82) is 0 Å². The number of β-amino-alcohol motifs (C(OH)–C–C–N with tert-alkyl or cyclic N) is 1. The van der Waals surface area contributed by atoms with E-state index in [0.29, 0.717) is 13.1 Å². The molecular formula is C13H26N2O2. The summed E-state index contributed by atoms with van der Waals surface area (Å²) in [6.07, 6.45) is 1.59. The maximum atomic E-state index is 12.2. The van der Waals surface area contributed by atoms with Gasteiger partial charge in [0.25, 0.3) is 0 Å². The van der Waals surface area contributed by atoms with Gasteiger partial charge < -0.3 is 10.0 Å². The van der Waals surface area contributed by atoms with Crippen molar-refractivity contribution in [1.82, 2.24) is 9.80 Å². The van der Waals surface area contributed by atoms with Crippen LogP contribution in [-0.4, -0.2) is 58.6 Å². The maximum Gasteiger partial charge on any atom is 0.237 e. The van der Waals surface area contributed by atoms with E-state index in [9.17, 15) is 9.90 Å². The molecule has 1 amide bonds. The minimum Gasteiger partial charge on any atom is -0.392 e. The van der Waals surface area contributed by atoms with E-state index in [0.717, 1.165) is 19.4 Å². The lowest BCUT2D eigenvalue weighted by Crippen LogP contribution is -2.49. The molecule has 1 aliphatic rings. The highest BCUT2D eigenvalue weighted by Gasteiger charge is 2.25. The van der Waals surface area contributed by atoms with Crippen molar-refractivity contribution in [2.75, 3.05) is 19.6 Å². The average molecular weight is 242 g/mol. The predicted molar refractivity (Wildman–Crippen MR) is 68.8 cm³/mol. The molecule has 0 bridgehead atoms. The fraction of sp³-hybridized carbons (Fsp3) is 0.923. The van der Waals surface area contributed by atoms with E-state index in [4.69, 9.17) is 0 Å². The Hall–Kier alpha value is -0.610. The molecule has 1 aliphatic heterocycles. The largest absolute Gasteiger partial charge is 0.392 e. The lowest BCUT2D eigenvalue weighted by Gasteiger charge is -2.35. The zero-order valence-corrected chi connectivity index (χ0v) is 11.5. The summed E-state index contributed by atoms with van der Waals surface area (Å²) in [5.41, 5.74) is 0. The standard InChI is InChI=1S/C13H26N2O2/c1-10(2)15(11(3)4)13(17)9-14-7-5-6-12(16)8-14/h10-12,16H,5-9H2,1-4H3/t12-/m0/s1. The van der Waals surface area contributed by atoms with Gasteiger partial charge in [0.15, 0.2) is 0 Å². The van der Waals surface area contributed by atoms with E-state index in [1.54, 1.807) is 0 Å². The Kier molecular flexibility index (Phi) is 5.40. The molecule has 0 radical (unpaired) electrons. The van der Waals surface area contributed by atoms with Gasteiger partial charge in [-0.2, -0.15) is 0 Å². The molecule has 0 aromatic carbocycles. The molecule has 1 heterocycles. The monoisotopic (exact) mass is 242 g/mol. The van der Waals surface area contributed by atoms with Gasteiger partial charge in [-0.15, -0.1) is 0 Å². The SMILES string of the molecule is CC(C)N(C(=O)CN1CCC[C@H](O)C1)C(C)C. The second-order valence-corrected chi connectivity index (χ2v) is 5.52. The molecule has 1 saturated heterocycles. The summed E-state index contributed by atoms with van der Waals surface area (Å²) in [4.78, 5) is 16.2. The van der Waals surface area contributed by atoms with Gasteiger partial charge in [0.05, 0.1) is 12.6 Å². The second-order valence-electron chi connectivity index (χ2n) is 5.52. The van der Waals surface area contributed by atoms with Gasteiger partial charge in [-0.25, -0.2) is 0 Å². The summed E-state index contributed by atoms with van der Waals surface area (Å²) in [6, 6.07) is 0.467. The third-order valence-electron chi connectivity index (χ3n) is 3.24. The van der Waals surface area contributed by atoms with E-state index in [-0.39, 0.29) is 24.1 Å². The van der Waals surface area contributed by atoms with E-state index in [2.05, 4.69) is 4.90 Å². The molecule has 17 heavy (non-hydrogen) atoms. The van der Waals surface area contributed by atoms with Gasteiger partial charge in [0, 0.05) is 18.6 Å². The quantitative estimate of drug-likeness (QED) is 0.802. The van der Waals surface area contributed by atoms with Crippen LogP contribution in [0.4, 0.5) is 0 Å². The first-order chi connectivity index (χ1) is 7.91. The third kappa shape index (κ3) is 4.28. The number of amides is 1. The summed E-state index contributed by atoms with van der Waals surface area (Å²) in [5.74, 6) is 0.170. The summed E-state index contributed by atoms with van der Waals surface area (Å²) >= 11 is 0. The Labute approximate surface area is 105 Å². The van der Waals surface area contributed by atoms with E-state index >= 15 is 0 Å². The van der Waals surface area contributed by atoms with Crippen LogP contribution in [0.15, 0.2) is 0 Å². The minimum absolute atomic E-state index is 0.170. The highest BCUT2D eigenvalue weighted by Crippen LogP contribution is 2.12. The van der Waals surface area contributed by atoms with Crippen LogP contribution in [0.5, 0.6) is 0 Å². The van der Waals surface area contributed by atoms with Crippen molar-refractivity contribution in [3.05, 3.63) is 0 Å². The van der Waals surface area contributed by atoms with Gasteiger partial charge >= 0.3 is 0 Å². The number of carbonyl (C=O) groups is 1. The number of rotatable bonds is 4. The topological polar surface area (TPSA) is 43.8 Å². The number of nitrogens with zero attached hydrogens (tertiary/aromatic N) is 2. The fourth-order valence-corrected chi connectivity index (χ4v) is 2.62. The normalized spacial score (nSPS) is 22.2. The van der Waals surface area contributed by atoms with Crippen LogP contribution < -0.4 is 0 Å². The highest BCUT2D eigenvalue weighted by atomic mass is 16.3. The molecule has 100 valence electrons. The zero-order chi connectivity index (χ0) is 13.0. The number of piperidine rings is 1. The van der Waals surface area contributed by atoms with Crippen LogP contribution >= 0.6 is 0 Å². The molecule has 0 aromatic heterocycles. The first kappa shape index (κ1) is 14.5. The van der Waals surface area contributed by atoms with Gasteiger partial charge in [0.2, 0.25) is 5.91 Å². The van der Waals surface area contributed by atoms with Crippen molar-refractivity contribution >= 4 is 5.91 Å². The Bertz CT molecular complexity index is 246. The van der Waals surface area contributed by atoms with Crippen molar-refractivity contribution in [2.45, 2.75) is 58.7 Å². The molecule has 4 heteroatoms. The fourth-order valence-electron chi connectivity index (χ4n) is 2.62. The van der Waals surface area contributed by atoms with Gasteiger partial charge in [-0.05, 0) is 47.1 Å². The smallest absolute Gasteiger partial charge is 0.237 e. The van der Waals surface area contributed by atoms with Crippen LogP contribution in [-0.2, 0) is 4.79 Å². The minimum atomic E-state index is -0.261. The van der Waals surface area contributed by atoms with Crippen LogP contribution in [0.2, 0.25) is 0 Å². The van der Waals surface area contributed by atoms with Crippen molar-refractivity contribution in [3.8, 4) is 0 Å². The van der Waals surface area contributed by atoms with Crippen molar-refractivity contribution in [3.63, 3.8) is 0 Å². The van der Waals surface area contributed by atoms with Crippen molar-refractivity contribution < 1.29 is 9.90 Å². The van der Waals surface area contributed by atoms with Gasteiger partial charge in [-0.3, -0.25) is 9.69 Å². The van der Waals surface area contributed by atoms with E-state index in [1.165, 1.54) is 0 Å². The molecular weight excluding hydrogens is 216 g/mol. The molecule has 1 atom stereocenters. The lowest BCUT2D eigenvalue weighted by atomic mass is 10.1. The number of hydrogen-bond acceptors (Lipinski definition) is 3. The number of carbonyl (C=O) groups excluding carboxylic acids is 1. The summed E-state index contributed by atoms with van der Waals surface area (Å²) < 4.78 is 0. The summed E-state index contributed by atoms with van der Waals surface area (Å²) in [6.45, 7) is 10.2.